The molecule has 3 aromatic rings. The monoisotopic (exact) mass is 342 g/mol. The summed E-state index contributed by atoms with van der Waals surface area (Å²) in [4.78, 5) is 20.0. The van der Waals surface area contributed by atoms with Crippen LogP contribution in [0.5, 0.6) is 0 Å². The topological polar surface area (TPSA) is 63.1 Å². The van der Waals surface area contributed by atoms with Crippen LogP contribution in [-0.2, 0) is 11.2 Å². The number of fused-ring (bicyclic) bond motifs is 1. The molecule has 2 aromatic carbocycles. The summed E-state index contributed by atoms with van der Waals surface area (Å²) >= 11 is 1.16. The lowest BCUT2D eigenvalue weighted by Gasteiger charge is -2.09. The molecule has 0 atom stereocenters. The van der Waals surface area contributed by atoms with Crippen LogP contribution in [0.2, 0.25) is 0 Å². The van der Waals surface area contributed by atoms with E-state index >= 15 is 0 Å². The van der Waals surface area contributed by atoms with E-state index < -0.39 is 5.97 Å². The van der Waals surface area contributed by atoms with Gasteiger partial charge in [-0.25, -0.2) is 14.4 Å². The number of benzene rings is 2. The number of aryl methyl sites for hydroxylation is 1. The SMILES string of the molecule is CCc1ccc2nc(-c3ccc(F)cc3)nc(SCC(=O)O)c2c1. The van der Waals surface area contributed by atoms with Crippen molar-refractivity contribution in [2.24, 2.45) is 0 Å². The van der Waals surface area contributed by atoms with E-state index in [-0.39, 0.29) is 11.6 Å². The maximum atomic E-state index is 13.1. The first-order valence-corrected chi connectivity index (χ1v) is 8.46. The lowest BCUT2D eigenvalue weighted by Crippen LogP contribution is -2.00. The molecular weight excluding hydrogens is 327 g/mol. The van der Waals surface area contributed by atoms with E-state index in [2.05, 4.69) is 16.9 Å². The Bertz CT molecular complexity index is 897. The molecule has 0 amide bonds. The van der Waals surface area contributed by atoms with Crippen molar-refractivity contribution < 1.29 is 14.3 Å². The van der Waals surface area contributed by atoms with E-state index in [1.165, 1.54) is 12.1 Å². The number of hydrogen-bond acceptors (Lipinski definition) is 4. The smallest absolute Gasteiger partial charge is 0.313 e. The third-order valence-electron chi connectivity index (χ3n) is 3.57. The molecule has 1 N–H and O–H groups in total. The van der Waals surface area contributed by atoms with E-state index in [4.69, 9.17) is 5.11 Å². The Hall–Kier alpha value is -2.47. The van der Waals surface area contributed by atoms with Gasteiger partial charge >= 0.3 is 5.97 Å². The summed E-state index contributed by atoms with van der Waals surface area (Å²) in [5.74, 6) is -0.848. The summed E-state index contributed by atoms with van der Waals surface area (Å²) in [6.07, 6.45) is 0.874. The molecule has 122 valence electrons. The van der Waals surface area contributed by atoms with Gasteiger partial charge in [0.1, 0.15) is 10.8 Å². The van der Waals surface area contributed by atoms with Crippen LogP contribution in [0.3, 0.4) is 0 Å². The summed E-state index contributed by atoms with van der Waals surface area (Å²) in [6, 6.07) is 11.8. The molecule has 0 aliphatic rings. The first kappa shape index (κ1) is 16.4. The van der Waals surface area contributed by atoms with Gasteiger partial charge in [0.05, 0.1) is 11.3 Å². The molecule has 0 saturated carbocycles. The number of carboxylic acid groups (broad SMARTS) is 1. The fourth-order valence-electron chi connectivity index (χ4n) is 2.34. The Morgan fingerprint density at radius 1 is 1.17 bits per heavy atom. The Morgan fingerprint density at radius 3 is 2.58 bits per heavy atom. The van der Waals surface area contributed by atoms with Crippen LogP contribution in [-0.4, -0.2) is 26.8 Å². The van der Waals surface area contributed by atoms with E-state index in [1.54, 1.807) is 12.1 Å². The standard InChI is InChI=1S/C18H15FN2O2S/c1-2-11-3-8-15-14(9-11)18(24-10-16(22)23)21-17(20-15)12-4-6-13(19)7-5-12/h3-9H,2,10H2,1H3,(H,22,23). The van der Waals surface area contributed by atoms with Crippen molar-refractivity contribution in [3.05, 3.63) is 53.8 Å². The Labute approximate surface area is 142 Å². The van der Waals surface area contributed by atoms with E-state index in [1.807, 2.05) is 18.2 Å². The number of carboxylic acids is 1. The maximum Gasteiger partial charge on any atom is 0.313 e. The average molecular weight is 342 g/mol. The van der Waals surface area contributed by atoms with Crippen LogP contribution >= 0.6 is 11.8 Å². The van der Waals surface area contributed by atoms with Crippen LogP contribution in [0, 0.1) is 5.82 Å². The molecule has 0 aliphatic carbocycles. The first-order valence-electron chi connectivity index (χ1n) is 7.48. The van der Waals surface area contributed by atoms with E-state index in [0.29, 0.717) is 16.4 Å². The number of aliphatic carboxylic acids is 1. The molecule has 6 heteroatoms. The fraction of sp³-hybridized carbons (Fsp3) is 0.167. The zero-order chi connectivity index (χ0) is 17.1. The summed E-state index contributed by atoms with van der Waals surface area (Å²) in [7, 11) is 0. The van der Waals surface area contributed by atoms with Crippen molar-refractivity contribution in [3.8, 4) is 11.4 Å². The van der Waals surface area contributed by atoms with Gasteiger partial charge in [-0.15, -0.1) is 0 Å². The summed E-state index contributed by atoms with van der Waals surface area (Å²) < 4.78 is 13.1. The van der Waals surface area contributed by atoms with Gasteiger partial charge in [-0.2, -0.15) is 0 Å². The quantitative estimate of drug-likeness (QED) is 0.557. The van der Waals surface area contributed by atoms with Gasteiger partial charge in [0, 0.05) is 10.9 Å². The summed E-state index contributed by atoms with van der Waals surface area (Å²) in [6.45, 7) is 2.05. The van der Waals surface area contributed by atoms with Gasteiger partial charge in [-0.3, -0.25) is 4.79 Å². The molecule has 1 aromatic heterocycles. The van der Waals surface area contributed by atoms with Crippen molar-refractivity contribution in [1.82, 2.24) is 9.97 Å². The van der Waals surface area contributed by atoms with Crippen molar-refractivity contribution >= 4 is 28.6 Å². The first-order chi connectivity index (χ1) is 11.6. The molecule has 0 fully saturated rings. The fourth-order valence-corrected chi connectivity index (χ4v) is 3.07. The number of thioether (sulfide) groups is 1. The third-order valence-corrected chi connectivity index (χ3v) is 4.54. The van der Waals surface area contributed by atoms with Crippen LogP contribution in [0.1, 0.15) is 12.5 Å². The number of aromatic nitrogens is 2. The number of carbonyl (C=O) groups is 1. The van der Waals surface area contributed by atoms with Crippen LogP contribution < -0.4 is 0 Å². The van der Waals surface area contributed by atoms with E-state index in [0.717, 1.165) is 34.6 Å². The second kappa shape index (κ2) is 6.97. The van der Waals surface area contributed by atoms with Gasteiger partial charge in [-0.1, -0.05) is 24.8 Å². The van der Waals surface area contributed by atoms with Crippen LogP contribution in [0.15, 0.2) is 47.5 Å². The maximum absolute atomic E-state index is 13.1. The van der Waals surface area contributed by atoms with Crippen molar-refractivity contribution in [3.63, 3.8) is 0 Å². The lowest BCUT2D eigenvalue weighted by atomic mass is 10.1. The van der Waals surface area contributed by atoms with E-state index in [9.17, 15) is 9.18 Å². The molecule has 0 unspecified atom stereocenters. The number of nitrogens with zero attached hydrogens (tertiary/aromatic N) is 2. The Balaban J connectivity index is 2.14. The molecule has 0 aliphatic heterocycles. The molecule has 24 heavy (non-hydrogen) atoms. The highest BCUT2D eigenvalue weighted by molar-refractivity contribution is 8.00. The Kier molecular flexibility index (Phi) is 4.76. The lowest BCUT2D eigenvalue weighted by molar-refractivity contribution is -0.133. The Morgan fingerprint density at radius 2 is 1.92 bits per heavy atom. The highest BCUT2D eigenvalue weighted by atomic mass is 32.2. The molecule has 0 bridgehead atoms. The van der Waals surface area contributed by atoms with Gasteiger partial charge < -0.3 is 5.11 Å². The zero-order valence-corrected chi connectivity index (χ0v) is 13.8. The van der Waals surface area contributed by atoms with Crippen molar-refractivity contribution in [2.75, 3.05) is 5.75 Å². The number of halogens is 1. The second-order valence-electron chi connectivity index (χ2n) is 5.25. The van der Waals surface area contributed by atoms with Crippen LogP contribution in [0.25, 0.3) is 22.3 Å². The van der Waals surface area contributed by atoms with Gasteiger partial charge in [0.25, 0.3) is 0 Å². The predicted octanol–water partition coefficient (Wildman–Crippen LogP) is 4.18. The molecule has 0 radical (unpaired) electrons. The second-order valence-corrected chi connectivity index (χ2v) is 6.21. The number of hydrogen-bond donors (Lipinski definition) is 1. The van der Waals surface area contributed by atoms with Crippen molar-refractivity contribution in [2.45, 2.75) is 18.4 Å². The summed E-state index contributed by atoms with van der Waals surface area (Å²) in [5, 5.41) is 10.4. The molecule has 0 spiro atoms. The summed E-state index contributed by atoms with van der Waals surface area (Å²) in [5.41, 5.74) is 2.57. The zero-order valence-electron chi connectivity index (χ0n) is 13.0. The molecular formula is C18H15FN2O2S. The minimum absolute atomic E-state index is 0.0781. The molecule has 0 saturated heterocycles. The predicted molar refractivity (Wildman–Crippen MR) is 92.7 cm³/mol. The van der Waals surface area contributed by atoms with Gasteiger partial charge in [0.2, 0.25) is 0 Å². The molecule has 3 rings (SSSR count). The molecule has 4 nitrogen and oxygen atoms in total. The minimum atomic E-state index is -0.901. The van der Waals surface area contributed by atoms with Gasteiger partial charge in [-0.05, 0) is 48.4 Å². The highest BCUT2D eigenvalue weighted by Gasteiger charge is 2.12. The van der Waals surface area contributed by atoms with Crippen LogP contribution in [0.4, 0.5) is 4.39 Å². The highest BCUT2D eigenvalue weighted by Crippen LogP contribution is 2.29. The third kappa shape index (κ3) is 3.54. The molecule has 1 heterocycles. The number of rotatable bonds is 5. The normalized spacial score (nSPS) is 10.9. The average Bonchev–Trinajstić information content (AvgIpc) is 2.59. The largest absolute Gasteiger partial charge is 0.481 e. The van der Waals surface area contributed by atoms with Gasteiger partial charge in [0.15, 0.2) is 5.82 Å². The minimum Gasteiger partial charge on any atom is -0.481 e. The van der Waals surface area contributed by atoms with Crippen molar-refractivity contribution in [1.29, 1.82) is 0 Å².